The molecule has 2 heterocycles. The van der Waals surface area contributed by atoms with Gasteiger partial charge in [0.25, 0.3) is 5.56 Å². The summed E-state index contributed by atoms with van der Waals surface area (Å²) in [7, 11) is 0. The summed E-state index contributed by atoms with van der Waals surface area (Å²) in [5, 5.41) is 5.11. The molecule has 0 saturated carbocycles. The zero-order valence-corrected chi connectivity index (χ0v) is 13.5. The van der Waals surface area contributed by atoms with Gasteiger partial charge in [-0.25, -0.2) is 9.67 Å². The Morgan fingerprint density at radius 3 is 2.58 bits per heavy atom. The molecule has 0 aliphatic carbocycles. The lowest BCUT2D eigenvalue weighted by atomic mass is 10.1. The van der Waals surface area contributed by atoms with E-state index < -0.39 is 6.61 Å². The molecule has 0 bridgehead atoms. The van der Waals surface area contributed by atoms with Crippen molar-refractivity contribution in [2.24, 2.45) is 0 Å². The number of halogens is 2. The highest BCUT2D eigenvalue weighted by Crippen LogP contribution is 2.21. The number of alkyl halides is 2. The minimum atomic E-state index is -2.86. The maximum Gasteiger partial charge on any atom is 0.387 e. The van der Waals surface area contributed by atoms with E-state index in [-0.39, 0.29) is 17.9 Å². The summed E-state index contributed by atoms with van der Waals surface area (Å²) in [5.41, 5.74) is 1.02. The molecule has 3 rings (SSSR count). The molecule has 0 spiro atoms. The van der Waals surface area contributed by atoms with Crippen molar-refractivity contribution in [2.75, 3.05) is 0 Å². The summed E-state index contributed by atoms with van der Waals surface area (Å²) in [6, 6.07) is 9.11. The monoisotopic (exact) mass is 349 g/mol. The van der Waals surface area contributed by atoms with Crippen molar-refractivity contribution in [2.45, 2.75) is 20.1 Å². The van der Waals surface area contributed by atoms with E-state index >= 15 is 0 Å². The average Bonchev–Trinajstić information content (AvgIpc) is 2.95. The van der Waals surface area contributed by atoms with Gasteiger partial charge in [0.15, 0.2) is 0 Å². The van der Waals surface area contributed by atoms with Crippen LogP contribution in [0.2, 0.25) is 0 Å². The molecule has 3 aromatic rings. The summed E-state index contributed by atoms with van der Waals surface area (Å²) in [5.74, 6) is 0.0698. The topological polar surface area (TPSA) is 57.0 Å². The number of nitrogens with zero attached hydrogens (tertiary/aromatic N) is 3. The Kier molecular flexibility index (Phi) is 4.66. The van der Waals surface area contributed by atoms with Crippen molar-refractivity contribution in [3.63, 3.8) is 0 Å². The van der Waals surface area contributed by atoms with Crippen LogP contribution in [0.15, 0.2) is 47.4 Å². The third kappa shape index (κ3) is 3.83. The lowest BCUT2D eigenvalue weighted by molar-refractivity contribution is -0.0498. The van der Waals surface area contributed by atoms with Crippen LogP contribution in [0.1, 0.15) is 9.88 Å². The molecule has 0 atom stereocenters. The summed E-state index contributed by atoms with van der Waals surface area (Å²) >= 11 is 1.50. The third-order valence-electron chi connectivity index (χ3n) is 3.20. The Bertz CT molecular complexity index is 891. The van der Waals surface area contributed by atoms with Gasteiger partial charge in [-0.2, -0.15) is 13.9 Å². The molecule has 0 saturated heterocycles. The van der Waals surface area contributed by atoms with Crippen molar-refractivity contribution in [1.82, 2.24) is 14.8 Å². The maximum absolute atomic E-state index is 12.2. The highest BCUT2D eigenvalue weighted by molar-refractivity contribution is 7.11. The van der Waals surface area contributed by atoms with E-state index in [2.05, 4.69) is 14.8 Å². The highest BCUT2D eigenvalue weighted by atomic mass is 32.1. The van der Waals surface area contributed by atoms with E-state index in [0.29, 0.717) is 11.3 Å². The lowest BCUT2D eigenvalue weighted by Gasteiger charge is -2.07. The molecule has 24 heavy (non-hydrogen) atoms. The van der Waals surface area contributed by atoms with Gasteiger partial charge in [-0.05, 0) is 37.3 Å². The number of hydrogen-bond donors (Lipinski definition) is 0. The van der Waals surface area contributed by atoms with Gasteiger partial charge in [0.05, 0.1) is 12.2 Å². The van der Waals surface area contributed by atoms with Crippen molar-refractivity contribution < 1.29 is 13.5 Å². The van der Waals surface area contributed by atoms with Gasteiger partial charge in [-0.3, -0.25) is 4.79 Å². The van der Waals surface area contributed by atoms with Crippen LogP contribution in [-0.2, 0) is 6.54 Å². The van der Waals surface area contributed by atoms with Crippen molar-refractivity contribution in [3.8, 4) is 17.0 Å². The summed E-state index contributed by atoms with van der Waals surface area (Å²) in [6.07, 6.45) is 1.75. The van der Waals surface area contributed by atoms with Gasteiger partial charge in [0, 0.05) is 22.7 Å². The zero-order chi connectivity index (χ0) is 17.1. The molecule has 5 nitrogen and oxygen atoms in total. The number of hydrogen-bond acceptors (Lipinski definition) is 5. The molecule has 1 aromatic carbocycles. The van der Waals surface area contributed by atoms with E-state index in [0.717, 1.165) is 9.88 Å². The number of rotatable bonds is 5. The second-order valence-corrected chi connectivity index (χ2v) is 6.30. The first-order valence-corrected chi connectivity index (χ1v) is 7.87. The van der Waals surface area contributed by atoms with Crippen LogP contribution in [0.3, 0.4) is 0 Å². The first kappa shape index (κ1) is 16.3. The Balaban J connectivity index is 1.86. The van der Waals surface area contributed by atoms with Gasteiger partial charge in [0.1, 0.15) is 10.8 Å². The van der Waals surface area contributed by atoms with Crippen molar-refractivity contribution >= 4 is 11.3 Å². The SMILES string of the molecule is Cc1cnc(Cn2nc(-c3ccc(OC(F)F)cc3)ccc2=O)s1. The van der Waals surface area contributed by atoms with Crippen molar-refractivity contribution in [1.29, 1.82) is 0 Å². The van der Waals surface area contributed by atoms with Crippen LogP contribution in [0, 0.1) is 6.92 Å². The Morgan fingerprint density at radius 1 is 1.21 bits per heavy atom. The fraction of sp³-hybridized carbons (Fsp3) is 0.188. The number of aromatic nitrogens is 3. The molecular formula is C16H13F2N3O2S. The molecule has 2 aromatic heterocycles. The Morgan fingerprint density at radius 2 is 1.96 bits per heavy atom. The van der Waals surface area contributed by atoms with Gasteiger partial charge < -0.3 is 4.74 Å². The summed E-state index contributed by atoms with van der Waals surface area (Å²) < 4.78 is 30.0. The van der Waals surface area contributed by atoms with Crippen LogP contribution < -0.4 is 10.3 Å². The molecule has 0 radical (unpaired) electrons. The lowest BCUT2D eigenvalue weighted by Crippen LogP contribution is -2.22. The number of ether oxygens (including phenoxy) is 1. The predicted octanol–water partition coefficient (Wildman–Crippen LogP) is 3.32. The van der Waals surface area contributed by atoms with Gasteiger partial charge >= 0.3 is 6.61 Å². The Hall–Kier alpha value is -2.61. The highest BCUT2D eigenvalue weighted by Gasteiger charge is 2.08. The zero-order valence-electron chi connectivity index (χ0n) is 12.6. The molecule has 0 unspecified atom stereocenters. The molecule has 0 N–H and O–H groups in total. The predicted molar refractivity (Wildman–Crippen MR) is 86.5 cm³/mol. The summed E-state index contributed by atoms with van der Waals surface area (Å²) in [6.45, 7) is -0.633. The first-order chi connectivity index (χ1) is 11.5. The Labute approximate surface area is 140 Å². The largest absolute Gasteiger partial charge is 0.435 e. The molecule has 124 valence electrons. The van der Waals surface area contributed by atoms with Gasteiger partial charge in [-0.1, -0.05) is 0 Å². The molecule has 0 fully saturated rings. The minimum absolute atomic E-state index is 0.0698. The molecule has 0 aliphatic rings. The van der Waals surface area contributed by atoms with Crippen molar-refractivity contribution in [3.05, 3.63) is 62.8 Å². The summed E-state index contributed by atoms with van der Waals surface area (Å²) in [4.78, 5) is 17.2. The fourth-order valence-electron chi connectivity index (χ4n) is 2.13. The second kappa shape index (κ2) is 6.88. The molecule has 8 heteroatoms. The molecular weight excluding hydrogens is 336 g/mol. The van der Waals surface area contributed by atoms with E-state index in [1.807, 2.05) is 6.92 Å². The smallest absolute Gasteiger partial charge is 0.387 e. The van der Waals surface area contributed by atoms with E-state index in [1.54, 1.807) is 24.4 Å². The quantitative estimate of drug-likeness (QED) is 0.709. The maximum atomic E-state index is 12.2. The second-order valence-electron chi connectivity index (χ2n) is 4.98. The van der Waals surface area contributed by atoms with Crippen LogP contribution in [0.4, 0.5) is 8.78 Å². The number of benzene rings is 1. The van der Waals surface area contributed by atoms with E-state index in [1.165, 1.54) is 34.2 Å². The molecule has 0 aliphatic heterocycles. The average molecular weight is 349 g/mol. The number of aryl methyl sites for hydroxylation is 1. The van der Waals surface area contributed by atoms with E-state index in [9.17, 15) is 13.6 Å². The van der Waals surface area contributed by atoms with E-state index in [4.69, 9.17) is 0 Å². The van der Waals surface area contributed by atoms with Gasteiger partial charge in [0.2, 0.25) is 0 Å². The van der Waals surface area contributed by atoms with Crippen LogP contribution in [-0.4, -0.2) is 21.4 Å². The standard InChI is InChI=1S/C16H13F2N3O2S/c1-10-8-19-14(24-10)9-21-15(22)7-6-13(20-21)11-2-4-12(5-3-11)23-16(17)18/h2-8,16H,9H2,1H3. The number of thiazole rings is 1. The fourth-order valence-corrected chi connectivity index (χ4v) is 2.90. The van der Waals surface area contributed by atoms with Gasteiger partial charge in [-0.15, -0.1) is 11.3 Å². The van der Waals surface area contributed by atoms with Crippen LogP contribution >= 0.6 is 11.3 Å². The third-order valence-corrected chi connectivity index (χ3v) is 4.09. The normalized spacial score (nSPS) is 11.0. The minimum Gasteiger partial charge on any atom is -0.435 e. The molecule has 0 amide bonds. The van der Waals surface area contributed by atoms with Crippen LogP contribution in [0.5, 0.6) is 5.75 Å². The van der Waals surface area contributed by atoms with Crippen LogP contribution in [0.25, 0.3) is 11.3 Å². The first-order valence-electron chi connectivity index (χ1n) is 7.06.